The first-order valence-electron chi connectivity index (χ1n) is 7.01. The van der Waals surface area contributed by atoms with E-state index in [0.717, 1.165) is 22.9 Å². The number of carbonyl (C=O) groups is 1. The number of benzene rings is 1. The molecule has 0 bridgehead atoms. The van der Waals surface area contributed by atoms with Crippen LogP contribution in [0.2, 0.25) is 0 Å². The highest BCUT2D eigenvalue weighted by Crippen LogP contribution is 2.30. The van der Waals surface area contributed by atoms with Gasteiger partial charge >= 0.3 is 6.18 Å². The van der Waals surface area contributed by atoms with Crippen LogP contribution < -0.4 is 16.5 Å². The summed E-state index contributed by atoms with van der Waals surface area (Å²) in [6.45, 7) is 1.84. The van der Waals surface area contributed by atoms with Gasteiger partial charge in [0.15, 0.2) is 5.69 Å². The van der Waals surface area contributed by atoms with Crippen LogP contribution in [0, 0.1) is 6.92 Å². The molecule has 2 rings (SSSR count). The molecule has 0 unspecified atom stereocenters. The van der Waals surface area contributed by atoms with Gasteiger partial charge in [-0.25, -0.2) is 4.68 Å². The van der Waals surface area contributed by atoms with Crippen LogP contribution in [0.15, 0.2) is 35.1 Å². The van der Waals surface area contributed by atoms with E-state index < -0.39 is 28.8 Å². The van der Waals surface area contributed by atoms with Gasteiger partial charge in [-0.3, -0.25) is 9.59 Å². The van der Waals surface area contributed by atoms with Crippen molar-refractivity contribution in [1.29, 1.82) is 0 Å². The maximum atomic E-state index is 12.8. The predicted octanol–water partition coefficient (Wildman–Crippen LogP) is 1.67. The highest BCUT2D eigenvalue weighted by atomic mass is 35.5. The zero-order chi connectivity index (χ0) is 17.9. The fourth-order valence-corrected chi connectivity index (χ4v) is 2.05. The van der Waals surface area contributed by atoms with E-state index in [-0.39, 0.29) is 31.2 Å². The number of hydrogen-bond donors (Lipinski definition) is 2. The fourth-order valence-electron chi connectivity index (χ4n) is 2.05. The Labute approximate surface area is 147 Å². The minimum atomic E-state index is -4.51. The molecule has 1 aromatic carbocycles. The van der Waals surface area contributed by atoms with Crippen molar-refractivity contribution in [1.82, 2.24) is 15.1 Å². The third kappa shape index (κ3) is 4.80. The first-order chi connectivity index (χ1) is 11.2. The molecular formula is C15H16ClF3N4O2. The second-order valence-electron chi connectivity index (χ2n) is 5.00. The van der Waals surface area contributed by atoms with E-state index in [1.807, 2.05) is 0 Å². The van der Waals surface area contributed by atoms with E-state index in [0.29, 0.717) is 5.69 Å². The number of nitrogens with two attached hydrogens (primary N) is 1. The maximum absolute atomic E-state index is 12.8. The minimum Gasteiger partial charge on any atom is -0.349 e. The normalized spacial score (nSPS) is 10.9. The SMILES string of the molecule is Cc1cc(=O)c(C(=O)NCCN)nn1-c1cccc(C(F)(F)F)c1.Cl. The highest BCUT2D eigenvalue weighted by molar-refractivity contribution is 5.92. The molecule has 1 heterocycles. The van der Waals surface area contributed by atoms with E-state index in [9.17, 15) is 22.8 Å². The summed E-state index contributed by atoms with van der Waals surface area (Å²) in [5, 5.41) is 6.31. The minimum absolute atomic E-state index is 0. The van der Waals surface area contributed by atoms with Crippen molar-refractivity contribution in [2.75, 3.05) is 13.1 Å². The molecule has 0 spiro atoms. The molecule has 0 fully saturated rings. The highest BCUT2D eigenvalue weighted by Gasteiger charge is 2.30. The van der Waals surface area contributed by atoms with E-state index >= 15 is 0 Å². The number of halogens is 4. The second-order valence-corrected chi connectivity index (χ2v) is 5.00. The summed E-state index contributed by atoms with van der Waals surface area (Å²) in [5.41, 5.74) is 3.78. The Kier molecular flexibility index (Phi) is 6.71. The topological polar surface area (TPSA) is 90.0 Å². The zero-order valence-corrected chi connectivity index (χ0v) is 13.9. The largest absolute Gasteiger partial charge is 0.416 e. The Hall–Kier alpha value is -2.39. The van der Waals surface area contributed by atoms with Gasteiger partial charge in [0.1, 0.15) is 0 Å². The molecule has 0 saturated heterocycles. The van der Waals surface area contributed by atoms with Crippen molar-refractivity contribution in [2.24, 2.45) is 5.73 Å². The Morgan fingerprint density at radius 1 is 1.32 bits per heavy atom. The van der Waals surface area contributed by atoms with E-state index in [2.05, 4.69) is 10.4 Å². The molecule has 1 aromatic heterocycles. The Balaban J connectivity index is 0.00000312. The second kappa shape index (κ2) is 8.13. The Morgan fingerprint density at radius 2 is 2.00 bits per heavy atom. The lowest BCUT2D eigenvalue weighted by Gasteiger charge is -2.13. The molecular weight excluding hydrogens is 361 g/mol. The lowest BCUT2D eigenvalue weighted by molar-refractivity contribution is -0.137. The molecule has 0 aliphatic rings. The van der Waals surface area contributed by atoms with Crippen LogP contribution in [0.4, 0.5) is 13.2 Å². The summed E-state index contributed by atoms with van der Waals surface area (Å²) >= 11 is 0. The van der Waals surface area contributed by atoms with Crippen molar-refractivity contribution < 1.29 is 18.0 Å². The predicted molar refractivity (Wildman–Crippen MR) is 88.2 cm³/mol. The van der Waals surface area contributed by atoms with Crippen LogP contribution in [-0.4, -0.2) is 28.8 Å². The van der Waals surface area contributed by atoms with Crippen molar-refractivity contribution in [3.63, 3.8) is 0 Å². The molecule has 0 radical (unpaired) electrons. The van der Waals surface area contributed by atoms with Crippen molar-refractivity contribution in [2.45, 2.75) is 13.1 Å². The van der Waals surface area contributed by atoms with Crippen LogP contribution in [0.1, 0.15) is 21.7 Å². The van der Waals surface area contributed by atoms with Gasteiger partial charge in [0.2, 0.25) is 5.43 Å². The molecule has 0 atom stereocenters. The van der Waals surface area contributed by atoms with E-state index in [1.54, 1.807) is 0 Å². The number of amides is 1. The Bertz CT molecular complexity index is 821. The third-order valence-corrected chi connectivity index (χ3v) is 3.17. The van der Waals surface area contributed by atoms with Gasteiger partial charge in [0, 0.05) is 24.8 Å². The van der Waals surface area contributed by atoms with Crippen LogP contribution in [0.25, 0.3) is 5.69 Å². The summed E-state index contributed by atoms with van der Waals surface area (Å²) in [6, 6.07) is 5.60. The summed E-state index contributed by atoms with van der Waals surface area (Å²) < 4.78 is 39.6. The molecule has 25 heavy (non-hydrogen) atoms. The number of hydrogen-bond acceptors (Lipinski definition) is 4. The first kappa shape index (κ1) is 20.7. The van der Waals surface area contributed by atoms with Crippen LogP contribution in [-0.2, 0) is 6.18 Å². The lowest BCUT2D eigenvalue weighted by atomic mass is 10.2. The lowest BCUT2D eigenvalue weighted by Crippen LogP contribution is -2.34. The summed E-state index contributed by atoms with van der Waals surface area (Å²) in [4.78, 5) is 23.8. The van der Waals surface area contributed by atoms with Gasteiger partial charge < -0.3 is 11.1 Å². The van der Waals surface area contributed by atoms with E-state index in [1.165, 1.54) is 19.1 Å². The number of nitrogens with one attached hydrogen (secondary N) is 1. The molecule has 3 N–H and O–H groups in total. The number of aryl methyl sites for hydroxylation is 1. The molecule has 6 nitrogen and oxygen atoms in total. The summed E-state index contributed by atoms with van der Waals surface area (Å²) in [5.74, 6) is -0.730. The fraction of sp³-hybridized carbons (Fsp3) is 0.267. The average molecular weight is 377 g/mol. The van der Waals surface area contributed by atoms with Crippen molar-refractivity contribution in [3.8, 4) is 5.69 Å². The monoisotopic (exact) mass is 376 g/mol. The van der Waals surface area contributed by atoms with Crippen LogP contribution >= 0.6 is 12.4 Å². The third-order valence-electron chi connectivity index (χ3n) is 3.17. The maximum Gasteiger partial charge on any atom is 0.416 e. The number of alkyl halides is 3. The zero-order valence-electron chi connectivity index (χ0n) is 13.1. The van der Waals surface area contributed by atoms with Gasteiger partial charge in [-0.1, -0.05) is 6.07 Å². The smallest absolute Gasteiger partial charge is 0.349 e. The quantitative estimate of drug-likeness (QED) is 0.849. The van der Waals surface area contributed by atoms with E-state index in [4.69, 9.17) is 5.73 Å². The summed E-state index contributed by atoms with van der Waals surface area (Å²) in [6.07, 6.45) is -4.51. The van der Waals surface area contributed by atoms with Crippen molar-refractivity contribution in [3.05, 3.63) is 57.5 Å². The van der Waals surface area contributed by atoms with Crippen LogP contribution in [0.5, 0.6) is 0 Å². The first-order valence-corrected chi connectivity index (χ1v) is 7.01. The van der Waals surface area contributed by atoms with Gasteiger partial charge in [0.25, 0.3) is 5.91 Å². The molecule has 1 amide bonds. The summed E-state index contributed by atoms with van der Waals surface area (Å²) in [7, 11) is 0. The molecule has 0 aliphatic heterocycles. The van der Waals surface area contributed by atoms with Crippen LogP contribution in [0.3, 0.4) is 0 Å². The van der Waals surface area contributed by atoms with Gasteiger partial charge in [0.05, 0.1) is 11.3 Å². The van der Waals surface area contributed by atoms with Gasteiger partial charge in [-0.15, -0.1) is 12.4 Å². The van der Waals surface area contributed by atoms with Crippen molar-refractivity contribution >= 4 is 18.3 Å². The number of rotatable bonds is 4. The molecule has 136 valence electrons. The number of aromatic nitrogens is 2. The van der Waals surface area contributed by atoms with Gasteiger partial charge in [-0.05, 0) is 25.1 Å². The molecule has 10 heteroatoms. The standard InChI is InChI=1S/C15H15F3N4O2.ClH/c1-9-7-12(23)13(14(24)20-6-5-19)21-22(9)11-4-2-3-10(8-11)15(16,17)18;/h2-4,7-8H,5-6,19H2,1H3,(H,20,24);1H. The van der Waals surface area contributed by atoms with Gasteiger partial charge in [-0.2, -0.15) is 18.3 Å². The number of carbonyl (C=O) groups excluding carboxylic acids is 1. The molecule has 0 aliphatic carbocycles. The average Bonchev–Trinajstić information content (AvgIpc) is 2.52. The molecule has 2 aromatic rings. The Morgan fingerprint density at radius 3 is 2.60 bits per heavy atom. The molecule has 0 saturated carbocycles. The number of nitrogens with zero attached hydrogens (tertiary/aromatic N) is 2.